The third-order valence-corrected chi connectivity index (χ3v) is 8.36. The molecule has 0 heterocycles. The zero-order valence-electron chi connectivity index (χ0n) is 18.2. The summed E-state index contributed by atoms with van der Waals surface area (Å²) in [5, 5.41) is 10.3. The number of thioether (sulfide) groups is 1. The number of carbonyl (C=O) groups is 1. The summed E-state index contributed by atoms with van der Waals surface area (Å²) >= 11 is 1.53. The summed E-state index contributed by atoms with van der Waals surface area (Å²) in [6.07, 6.45) is 4.61. The normalized spacial score (nSPS) is 19.1. The smallest absolute Gasteiger partial charge is 0.264 e. The first-order valence-corrected chi connectivity index (χ1v) is 13.1. The fourth-order valence-electron chi connectivity index (χ4n) is 3.86. The molecule has 2 unspecified atom stereocenters. The number of aliphatic hydroxyl groups excluding tert-OH is 1. The highest BCUT2D eigenvalue weighted by atomic mass is 32.2. The minimum Gasteiger partial charge on any atom is -0.391 e. The quantitative estimate of drug-likeness (QED) is 0.635. The number of aliphatic hydroxyl groups is 1. The van der Waals surface area contributed by atoms with Gasteiger partial charge in [-0.05, 0) is 62.4 Å². The molecule has 8 heteroatoms. The van der Waals surface area contributed by atoms with Gasteiger partial charge >= 0.3 is 0 Å². The van der Waals surface area contributed by atoms with Crippen LogP contribution >= 0.6 is 11.8 Å². The Hall–Kier alpha value is -2.03. The maximum Gasteiger partial charge on any atom is 0.264 e. The monoisotopic (exact) mass is 462 g/mol. The first-order valence-electron chi connectivity index (χ1n) is 10.4. The Balaban J connectivity index is 1.92. The van der Waals surface area contributed by atoms with Crippen LogP contribution in [0.2, 0.25) is 0 Å². The molecule has 0 bridgehead atoms. The topological polar surface area (TPSA) is 77.9 Å². The Morgan fingerprint density at radius 3 is 2.26 bits per heavy atom. The highest BCUT2D eigenvalue weighted by Crippen LogP contribution is 2.27. The number of hydrogen-bond acceptors (Lipinski definition) is 5. The average molecular weight is 463 g/mol. The van der Waals surface area contributed by atoms with E-state index in [0.29, 0.717) is 12.1 Å². The number of carbonyl (C=O) groups excluding carboxylic acids is 1. The maximum atomic E-state index is 13.5. The van der Waals surface area contributed by atoms with Crippen LogP contribution in [0.15, 0.2) is 58.3 Å². The lowest BCUT2D eigenvalue weighted by Crippen LogP contribution is -2.50. The molecule has 1 aliphatic carbocycles. The molecule has 31 heavy (non-hydrogen) atoms. The minimum atomic E-state index is -3.95. The zero-order valence-corrected chi connectivity index (χ0v) is 19.8. The maximum absolute atomic E-state index is 13.5. The van der Waals surface area contributed by atoms with E-state index in [1.165, 1.54) is 16.7 Å². The molecule has 0 aromatic heterocycles. The average Bonchev–Trinajstić information content (AvgIpc) is 2.78. The standard InChI is InChI=1S/C23H30N2O4S2/c1-17-8-10-18(11-9-17)25(31(28,29)20-14-12-19(30-3)13-15-20)16-23(27)24(2)21-6-4-5-7-22(21)26/h8-15,21-22,26H,4-7,16H2,1-3H3. The fraction of sp³-hybridized carbons (Fsp3) is 0.435. The van der Waals surface area contributed by atoms with Crippen molar-refractivity contribution in [1.82, 2.24) is 4.90 Å². The third kappa shape index (κ3) is 5.42. The van der Waals surface area contributed by atoms with E-state index >= 15 is 0 Å². The van der Waals surface area contributed by atoms with E-state index < -0.39 is 16.1 Å². The van der Waals surface area contributed by atoms with E-state index in [9.17, 15) is 18.3 Å². The Bertz CT molecular complexity index is 991. The number of amides is 1. The van der Waals surface area contributed by atoms with Crippen molar-refractivity contribution in [2.75, 3.05) is 24.2 Å². The minimum absolute atomic E-state index is 0.138. The molecule has 6 nitrogen and oxygen atoms in total. The molecule has 1 amide bonds. The molecule has 1 saturated carbocycles. The molecule has 1 fully saturated rings. The molecule has 0 aliphatic heterocycles. The van der Waals surface area contributed by atoms with Crippen LogP contribution in [0.4, 0.5) is 5.69 Å². The number of anilines is 1. The second kappa shape index (κ2) is 10.1. The van der Waals surface area contributed by atoms with E-state index in [2.05, 4.69) is 0 Å². The van der Waals surface area contributed by atoms with Gasteiger partial charge in [0.1, 0.15) is 6.54 Å². The van der Waals surface area contributed by atoms with Crippen molar-refractivity contribution >= 4 is 33.4 Å². The summed E-state index contributed by atoms with van der Waals surface area (Å²) < 4.78 is 28.2. The van der Waals surface area contributed by atoms with E-state index in [4.69, 9.17) is 0 Å². The van der Waals surface area contributed by atoms with Crippen molar-refractivity contribution in [3.63, 3.8) is 0 Å². The number of aryl methyl sites for hydroxylation is 1. The lowest BCUT2D eigenvalue weighted by molar-refractivity contribution is -0.133. The summed E-state index contributed by atoms with van der Waals surface area (Å²) in [6, 6.07) is 13.5. The molecule has 0 saturated heterocycles. The Morgan fingerprint density at radius 2 is 1.68 bits per heavy atom. The van der Waals surface area contributed by atoms with E-state index in [1.807, 2.05) is 25.3 Å². The molecule has 1 N–H and O–H groups in total. The van der Waals surface area contributed by atoms with Gasteiger partial charge in [0.2, 0.25) is 5.91 Å². The lowest BCUT2D eigenvalue weighted by atomic mass is 9.91. The van der Waals surface area contributed by atoms with Crippen LogP contribution in [0.5, 0.6) is 0 Å². The van der Waals surface area contributed by atoms with Gasteiger partial charge in [-0.25, -0.2) is 8.42 Å². The van der Waals surface area contributed by atoms with Crippen LogP contribution < -0.4 is 4.31 Å². The van der Waals surface area contributed by atoms with Gasteiger partial charge in [0.15, 0.2) is 0 Å². The number of hydrogen-bond donors (Lipinski definition) is 1. The van der Waals surface area contributed by atoms with E-state index in [-0.39, 0.29) is 23.4 Å². The largest absolute Gasteiger partial charge is 0.391 e. The second-order valence-electron chi connectivity index (χ2n) is 7.95. The lowest BCUT2D eigenvalue weighted by Gasteiger charge is -2.36. The molecule has 1 aliphatic rings. The predicted molar refractivity (Wildman–Crippen MR) is 125 cm³/mol. The number of likely N-dealkylation sites (N-methyl/N-ethyl adjacent to an activating group) is 1. The summed E-state index contributed by atoms with van der Waals surface area (Å²) in [6.45, 7) is 1.60. The third-order valence-electron chi connectivity index (χ3n) is 5.83. The molecule has 0 radical (unpaired) electrons. The van der Waals surface area contributed by atoms with Gasteiger partial charge in [-0.1, -0.05) is 30.5 Å². The number of benzene rings is 2. The van der Waals surface area contributed by atoms with Crippen LogP contribution in [-0.4, -0.2) is 56.3 Å². The summed E-state index contributed by atoms with van der Waals surface area (Å²) in [5.74, 6) is -0.337. The van der Waals surface area contributed by atoms with Crippen LogP contribution in [-0.2, 0) is 14.8 Å². The van der Waals surface area contributed by atoms with Gasteiger partial charge in [-0.2, -0.15) is 0 Å². The molecule has 2 atom stereocenters. The van der Waals surface area contributed by atoms with Crippen LogP contribution in [0.25, 0.3) is 0 Å². The van der Waals surface area contributed by atoms with Gasteiger partial charge < -0.3 is 10.0 Å². The van der Waals surface area contributed by atoms with E-state index in [0.717, 1.165) is 34.0 Å². The highest BCUT2D eigenvalue weighted by molar-refractivity contribution is 7.98. The Labute approximate surface area is 189 Å². The van der Waals surface area contributed by atoms with Gasteiger partial charge in [0.25, 0.3) is 10.0 Å². The molecule has 168 valence electrons. The number of sulfonamides is 1. The summed E-state index contributed by atoms with van der Waals surface area (Å²) in [7, 11) is -2.30. The molecule has 0 spiro atoms. The molecule has 3 rings (SSSR count). The van der Waals surface area contributed by atoms with Gasteiger partial charge in [0.05, 0.1) is 22.7 Å². The van der Waals surface area contributed by atoms with Crippen molar-refractivity contribution in [1.29, 1.82) is 0 Å². The Kier molecular flexibility index (Phi) is 7.67. The molecule has 2 aromatic carbocycles. The first kappa shape index (κ1) is 23.6. The highest BCUT2D eigenvalue weighted by Gasteiger charge is 2.33. The van der Waals surface area contributed by atoms with E-state index in [1.54, 1.807) is 43.4 Å². The first-order chi connectivity index (χ1) is 14.7. The van der Waals surface area contributed by atoms with Crippen LogP contribution in [0.3, 0.4) is 0 Å². The van der Waals surface area contributed by atoms with Crippen molar-refractivity contribution in [3.8, 4) is 0 Å². The van der Waals surface area contributed by atoms with Crippen molar-refractivity contribution in [2.45, 2.75) is 54.5 Å². The predicted octanol–water partition coefficient (Wildman–Crippen LogP) is 3.67. The zero-order chi connectivity index (χ0) is 22.6. The Morgan fingerprint density at radius 1 is 1.06 bits per heavy atom. The fourth-order valence-corrected chi connectivity index (χ4v) is 5.69. The van der Waals surface area contributed by atoms with Crippen LogP contribution in [0, 0.1) is 6.92 Å². The summed E-state index contributed by atoms with van der Waals surface area (Å²) in [5.41, 5.74) is 1.43. The molecular weight excluding hydrogens is 432 g/mol. The van der Waals surface area contributed by atoms with Crippen molar-refractivity contribution in [3.05, 3.63) is 54.1 Å². The van der Waals surface area contributed by atoms with Gasteiger partial charge in [0, 0.05) is 11.9 Å². The molecule has 2 aromatic rings. The molecular formula is C23H30N2O4S2. The number of rotatable bonds is 7. The SMILES string of the molecule is CSc1ccc(S(=O)(=O)N(CC(=O)N(C)C2CCCCC2O)c2ccc(C)cc2)cc1. The van der Waals surface area contributed by atoms with Crippen molar-refractivity contribution < 1.29 is 18.3 Å². The van der Waals surface area contributed by atoms with Crippen LogP contribution in [0.1, 0.15) is 31.2 Å². The van der Waals surface area contributed by atoms with Crippen molar-refractivity contribution in [2.24, 2.45) is 0 Å². The summed E-state index contributed by atoms with van der Waals surface area (Å²) in [4.78, 5) is 15.7. The van der Waals surface area contributed by atoms with Gasteiger partial charge in [-0.15, -0.1) is 11.8 Å². The van der Waals surface area contributed by atoms with Gasteiger partial charge in [-0.3, -0.25) is 9.10 Å². The number of nitrogens with zero attached hydrogens (tertiary/aromatic N) is 2. The second-order valence-corrected chi connectivity index (χ2v) is 10.7.